The van der Waals surface area contributed by atoms with Gasteiger partial charge in [0.1, 0.15) is 6.61 Å². The van der Waals surface area contributed by atoms with E-state index in [4.69, 9.17) is 27.9 Å². The summed E-state index contributed by atoms with van der Waals surface area (Å²) in [6.07, 6.45) is 0.874. The van der Waals surface area contributed by atoms with E-state index in [2.05, 4.69) is 0 Å². The SMILES string of the molecule is O=C(OCc1ccc(Cl)cc1)C1CCN(S(=O)(=O)c2ccc(Cl)cc2)CC1. The molecule has 1 fully saturated rings. The third kappa shape index (κ3) is 5.02. The minimum Gasteiger partial charge on any atom is -0.461 e. The molecule has 5 nitrogen and oxygen atoms in total. The molecule has 27 heavy (non-hydrogen) atoms. The molecule has 1 aliphatic heterocycles. The summed E-state index contributed by atoms with van der Waals surface area (Å²) in [5, 5.41) is 1.11. The lowest BCUT2D eigenvalue weighted by molar-refractivity contribution is -0.151. The van der Waals surface area contributed by atoms with Crippen molar-refractivity contribution < 1.29 is 17.9 Å². The van der Waals surface area contributed by atoms with Gasteiger partial charge in [0.05, 0.1) is 10.8 Å². The first-order chi connectivity index (χ1) is 12.9. The molecule has 0 saturated carbocycles. The number of benzene rings is 2. The smallest absolute Gasteiger partial charge is 0.309 e. The van der Waals surface area contributed by atoms with Gasteiger partial charge in [0.25, 0.3) is 0 Å². The molecule has 0 spiro atoms. The summed E-state index contributed by atoms with van der Waals surface area (Å²) >= 11 is 11.6. The molecule has 2 aromatic carbocycles. The van der Waals surface area contributed by atoms with Gasteiger partial charge in [-0.05, 0) is 54.8 Å². The minimum absolute atomic E-state index is 0.180. The van der Waals surface area contributed by atoms with Gasteiger partial charge in [0.2, 0.25) is 10.0 Å². The molecule has 8 heteroatoms. The molecular formula is C19H19Cl2NO4S. The van der Waals surface area contributed by atoms with Crippen LogP contribution in [0.15, 0.2) is 53.4 Å². The number of hydrogen-bond acceptors (Lipinski definition) is 4. The van der Waals surface area contributed by atoms with Crippen molar-refractivity contribution in [1.82, 2.24) is 4.31 Å². The Kier molecular flexibility index (Phi) is 6.42. The maximum absolute atomic E-state index is 12.7. The van der Waals surface area contributed by atoms with E-state index >= 15 is 0 Å². The molecule has 0 unspecified atom stereocenters. The molecule has 2 aromatic rings. The van der Waals surface area contributed by atoms with Crippen LogP contribution in [-0.2, 0) is 26.2 Å². The standard InChI is InChI=1S/C19H19Cl2NO4S/c20-16-3-1-14(2-4-16)13-26-19(23)15-9-11-22(12-10-15)27(24,25)18-7-5-17(21)6-8-18/h1-8,15H,9-13H2. The normalized spacial score (nSPS) is 16.2. The van der Waals surface area contributed by atoms with Gasteiger partial charge in [0.15, 0.2) is 0 Å². The van der Waals surface area contributed by atoms with Crippen molar-refractivity contribution >= 4 is 39.2 Å². The summed E-state index contributed by atoms with van der Waals surface area (Å²) in [5.41, 5.74) is 0.857. The van der Waals surface area contributed by atoms with E-state index in [1.54, 1.807) is 36.4 Å². The number of piperidine rings is 1. The van der Waals surface area contributed by atoms with Crippen LogP contribution in [0, 0.1) is 5.92 Å². The van der Waals surface area contributed by atoms with Crippen molar-refractivity contribution in [2.24, 2.45) is 5.92 Å². The summed E-state index contributed by atoms with van der Waals surface area (Å²) in [6.45, 7) is 0.747. The Morgan fingerprint density at radius 1 is 0.963 bits per heavy atom. The molecule has 0 radical (unpaired) electrons. The molecule has 0 bridgehead atoms. The summed E-state index contributed by atoms with van der Waals surface area (Å²) < 4.78 is 32.1. The first kappa shape index (κ1) is 20.1. The van der Waals surface area contributed by atoms with Crippen molar-refractivity contribution in [1.29, 1.82) is 0 Å². The van der Waals surface area contributed by atoms with Crippen LogP contribution in [0.25, 0.3) is 0 Å². The Labute approximate surface area is 168 Å². The van der Waals surface area contributed by atoms with Crippen LogP contribution in [0.1, 0.15) is 18.4 Å². The number of hydrogen-bond donors (Lipinski definition) is 0. The Bertz CT molecular complexity index is 890. The predicted molar refractivity (Wildman–Crippen MR) is 104 cm³/mol. The Hall–Kier alpha value is -1.60. The number of esters is 1. The molecule has 1 heterocycles. The number of nitrogens with zero attached hydrogens (tertiary/aromatic N) is 1. The fraction of sp³-hybridized carbons (Fsp3) is 0.316. The maximum atomic E-state index is 12.7. The van der Waals surface area contributed by atoms with Gasteiger partial charge >= 0.3 is 5.97 Å². The van der Waals surface area contributed by atoms with Gasteiger partial charge in [-0.2, -0.15) is 4.31 Å². The van der Waals surface area contributed by atoms with Crippen molar-refractivity contribution in [3.05, 3.63) is 64.1 Å². The molecule has 0 aliphatic carbocycles. The van der Waals surface area contributed by atoms with Crippen LogP contribution in [-0.4, -0.2) is 31.8 Å². The van der Waals surface area contributed by atoms with Crippen LogP contribution in [0.4, 0.5) is 0 Å². The quantitative estimate of drug-likeness (QED) is 0.672. The largest absolute Gasteiger partial charge is 0.461 e. The van der Waals surface area contributed by atoms with Crippen LogP contribution in [0.5, 0.6) is 0 Å². The number of carbonyl (C=O) groups is 1. The van der Waals surface area contributed by atoms with E-state index in [0.717, 1.165) is 5.56 Å². The third-order valence-electron chi connectivity index (χ3n) is 4.53. The van der Waals surface area contributed by atoms with Crippen molar-refractivity contribution in [3.8, 4) is 0 Å². The summed E-state index contributed by atoms with van der Waals surface area (Å²) in [7, 11) is -3.58. The molecule has 1 aliphatic rings. The molecule has 0 amide bonds. The van der Waals surface area contributed by atoms with Gasteiger partial charge in [-0.3, -0.25) is 4.79 Å². The van der Waals surface area contributed by atoms with Crippen molar-refractivity contribution in [3.63, 3.8) is 0 Å². The molecule has 3 rings (SSSR count). The molecule has 144 valence electrons. The van der Waals surface area contributed by atoms with Gasteiger partial charge in [-0.1, -0.05) is 35.3 Å². The summed E-state index contributed by atoms with van der Waals surface area (Å²) in [6, 6.07) is 13.2. The van der Waals surface area contributed by atoms with E-state index in [9.17, 15) is 13.2 Å². The second kappa shape index (κ2) is 8.61. The highest BCUT2D eigenvalue weighted by Crippen LogP contribution is 2.25. The first-order valence-electron chi connectivity index (χ1n) is 8.53. The number of rotatable bonds is 5. The lowest BCUT2D eigenvalue weighted by Crippen LogP contribution is -2.40. The Balaban J connectivity index is 1.54. The average Bonchev–Trinajstić information content (AvgIpc) is 2.68. The number of ether oxygens (including phenoxy) is 1. The van der Waals surface area contributed by atoms with E-state index in [-0.39, 0.29) is 36.5 Å². The average molecular weight is 428 g/mol. The topological polar surface area (TPSA) is 63.7 Å². The zero-order valence-corrected chi connectivity index (χ0v) is 16.8. The van der Waals surface area contributed by atoms with Crippen molar-refractivity contribution in [2.45, 2.75) is 24.3 Å². The van der Waals surface area contributed by atoms with Gasteiger partial charge in [-0.15, -0.1) is 0 Å². The van der Waals surface area contributed by atoms with E-state index in [1.165, 1.54) is 16.4 Å². The highest BCUT2D eigenvalue weighted by molar-refractivity contribution is 7.89. The fourth-order valence-electron chi connectivity index (χ4n) is 2.94. The molecular weight excluding hydrogens is 409 g/mol. The maximum Gasteiger partial charge on any atom is 0.309 e. The number of halogens is 2. The van der Waals surface area contributed by atoms with E-state index < -0.39 is 10.0 Å². The Morgan fingerprint density at radius 3 is 2.04 bits per heavy atom. The van der Waals surface area contributed by atoms with Crippen LogP contribution >= 0.6 is 23.2 Å². The second-order valence-corrected chi connectivity index (χ2v) is 9.18. The van der Waals surface area contributed by atoms with Gasteiger partial charge < -0.3 is 4.74 Å². The van der Waals surface area contributed by atoms with Crippen LogP contribution in [0.3, 0.4) is 0 Å². The number of carbonyl (C=O) groups excluding carboxylic acids is 1. The monoisotopic (exact) mass is 427 g/mol. The third-order valence-corrected chi connectivity index (χ3v) is 6.95. The minimum atomic E-state index is -3.58. The summed E-state index contributed by atoms with van der Waals surface area (Å²) in [5.74, 6) is -0.595. The fourth-order valence-corrected chi connectivity index (χ4v) is 4.66. The van der Waals surface area contributed by atoms with E-state index in [0.29, 0.717) is 22.9 Å². The molecule has 0 N–H and O–H groups in total. The lowest BCUT2D eigenvalue weighted by Gasteiger charge is -2.30. The van der Waals surface area contributed by atoms with Crippen LogP contribution < -0.4 is 0 Å². The zero-order chi connectivity index (χ0) is 19.4. The zero-order valence-electron chi connectivity index (χ0n) is 14.5. The van der Waals surface area contributed by atoms with Gasteiger partial charge in [0, 0.05) is 23.1 Å². The van der Waals surface area contributed by atoms with Gasteiger partial charge in [-0.25, -0.2) is 8.42 Å². The van der Waals surface area contributed by atoms with Crippen molar-refractivity contribution in [2.75, 3.05) is 13.1 Å². The van der Waals surface area contributed by atoms with Crippen LogP contribution in [0.2, 0.25) is 10.0 Å². The Morgan fingerprint density at radius 2 is 1.48 bits per heavy atom. The number of sulfonamides is 1. The molecule has 0 aromatic heterocycles. The highest BCUT2D eigenvalue weighted by Gasteiger charge is 2.32. The molecule has 1 saturated heterocycles. The van der Waals surface area contributed by atoms with E-state index in [1.807, 2.05) is 0 Å². The lowest BCUT2D eigenvalue weighted by atomic mass is 9.98. The summed E-state index contributed by atoms with van der Waals surface area (Å²) in [4.78, 5) is 12.5. The molecule has 0 atom stereocenters. The first-order valence-corrected chi connectivity index (χ1v) is 10.7. The predicted octanol–water partition coefficient (Wildman–Crippen LogP) is 4.14. The second-order valence-electron chi connectivity index (χ2n) is 6.37. The highest BCUT2D eigenvalue weighted by atomic mass is 35.5.